The van der Waals surface area contributed by atoms with E-state index >= 15 is 0 Å². The Morgan fingerprint density at radius 1 is 1.33 bits per heavy atom. The Morgan fingerprint density at radius 2 is 2.17 bits per heavy atom. The minimum Gasteiger partial charge on any atom is -0.396 e. The van der Waals surface area contributed by atoms with E-state index in [2.05, 4.69) is 18.4 Å². The van der Waals surface area contributed by atoms with Gasteiger partial charge in [-0.15, -0.1) is 0 Å². The van der Waals surface area contributed by atoms with Crippen LogP contribution in [0.4, 0.5) is 0 Å². The van der Waals surface area contributed by atoms with Crippen LogP contribution in [-0.2, 0) is 9.47 Å². The van der Waals surface area contributed by atoms with E-state index in [0.717, 1.165) is 26.2 Å². The summed E-state index contributed by atoms with van der Waals surface area (Å²) in [7, 11) is 0. The number of hydrogen-bond acceptors (Lipinski definition) is 4. The molecule has 0 aromatic carbocycles. The van der Waals surface area contributed by atoms with Gasteiger partial charge in [0.1, 0.15) is 6.79 Å². The van der Waals surface area contributed by atoms with Gasteiger partial charge in [-0.3, -0.25) is 0 Å². The maximum Gasteiger partial charge on any atom is 0.147 e. The Bertz CT molecular complexity index is 476. The molecule has 4 aliphatic rings. The van der Waals surface area contributed by atoms with Gasteiger partial charge in [0.05, 0.1) is 12.7 Å². The molecule has 136 valence electrons. The normalized spacial score (nSPS) is 43.8. The third-order valence-corrected chi connectivity index (χ3v) is 7.58. The molecule has 0 aromatic rings. The number of aliphatic hydroxyl groups excluding tert-OH is 1. The summed E-state index contributed by atoms with van der Waals surface area (Å²) < 4.78 is 11.6. The van der Waals surface area contributed by atoms with Crippen LogP contribution in [0.25, 0.3) is 0 Å². The predicted molar refractivity (Wildman–Crippen MR) is 93.5 cm³/mol. The van der Waals surface area contributed by atoms with Crippen LogP contribution in [0.1, 0.15) is 39.0 Å². The average molecular weight is 335 g/mol. The Kier molecular flexibility index (Phi) is 4.76. The summed E-state index contributed by atoms with van der Waals surface area (Å²) in [5, 5.41) is 9.20. The molecule has 24 heavy (non-hydrogen) atoms. The van der Waals surface area contributed by atoms with Crippen molar-refractivity contribution in [2.45, 2.75) is 45.1 Å². The quantitative estimate of drug-likeness (QED) is 0.802. The zero-order valence-electron chi connectivity index (χ0n) is 15.1. The van der Waals surface area contributed by atoms with Gasteiger partial charge in [-0.2, -0.15) is 0 Å². The monoisotopic (exact) mass is 335 g/mol. The second-order valence-electron chi connectivity index (χ2n) is 8.85. The molecule has 0 bridgehead atoms. The SMILES string of the molecule is C=C1CCC2C3COCOC3CCC2(C)C1CCN1CC(CO)C1. The van der Waals surface area contributed by atoms with E-state index in [9.17, 15) is 5.11 Å². The highest BCUT2D eigenvalue weighted by molar-refractivity contribution is 5.15. The fourth-order valence-corrected chi connectivity index (χ4v) is 6.13. The number of fused-ring (bicyclic) bond motifs is 3. The summed E-state index contributed by atoms with van der Waals surface area (Å²) in [5.74, 6) is 2.44. The average Bonchev–Trinajstić information content (AvgIpc) is 2.55. The molecule has 2 aliphatic carbocycles. The van der Waals surface area contributed by atoms with Crippen molar-refractivity contribution in [3.8, 4) is 0 Å². The van der Waals surface area contributed by atoms with Crippen molar-refractivity contribution in [2.75, 3.05) is 39.6 Å². The van der Waals surface area contributed by atoms with Gasteiger partial charge >= 0.3 is 0 Å². The first-order valence-corrected chi connectivity index (χ1v) is 9.82. The van der Waals surface area contributed by atoms with E-state index < -0.39 is 0 Å². The van der Waals surface area contributed by atoms with E-state index in [-0.39, 0.29) is 0 Å². The Hall–Kier alpha value is -0.420. The van der Waals surface area contributed by atoms with Crippen LogP contribution in [0.15, 0.2) is 12.2 Å². The Morgan fingerprint density at radius 3 is 2.96 bits per heavy atom. The van der Waals surface area contributed by atoms with E-state index in [1.54, 1.807) is 0 Å². The van der Waals surface area contributed by atoms with Crippen molar-refractivity contribution in [2.24, 2.45) is 29.1 Å². The maximum atomic E-state index is 9.20. The predicted octanol–water partition coefficient (Wildman–Crippen LogP) is 2.67. The standard InChI is InChI=1S/C20H33NO3/c1-14-3-4-18-16-12-23-13-24-19(16)5-7-20(18,2)17(14)6-8-21-9-15(10-21)11-22/h15-19,22H,1,3-13H2,2H3. The highest BCUT2D eigenvalue weighted by atomic mass is 16.7. The molecular weight excluding hydrogens is 302 g/mol. The number of allylic oxidation sites excluding steroid dienone is 1. The van der Waals surface area contributed by atoms with Crippen LogP contribution < -0.4 is 0 Å². The Labute approximate surface area is 146 Å². The second-order valence-corrected chi connectivity index (χ2v) is 8.85. The van der Waals surface area contributed by atoms with Crippen molar-refractivity contribution in [3.05, 3.63) is 12.2 Å². The van der Waals surface area contributed by atoms with Crippen molar-refractivity contribution in [1.82, 2.24) is 4.90 Å². The Balaban J connectivity index is 1.43. The molecular formula is C20H33NO3. The van der Waals surface area contributed by atoms with Crippen LogP contribution in [0.2, 0.25) is 0 Å². The summed E-state index contributed by atoms with van der Waals surface area (Å²) in [6.07, 6.45) is 6.53. The molecule has 2 saturated carbocycles. The number of ether oxygens (including phenoxy) is 2. The van der Waals surface area contributed by atoms with Gasteiger partial charge in [-0.25, -0.2) is 0 Å². The molecule has 4 nitrogen and oxygen atoms in total. The lowest BCUT2D eigenvalue weighted by Gasteiger charge is -2.57. The van der Waals surface area contributed by atoms with Gasteiger partial charge < -0.3 is 19.5 Å². The van der Waals surface area contributed by atoms with Gasteiger partial charge in [0.15, 0.2) is 0 Å². The first-order valence-electron chi connectivity index (χ1n) is 9.82. The lowest BCUT2D eigenvalue weighted by Crippen LogP contribution is -2.55. The van der Waals surface area contributed by atoms with Gasteiger partial charge in [0.25, 0.3) is 0 Å². The van der Waals surface area contributed by atoms with Gasteiger partial charge in [0.2, 0.25) is 0 Å². The van der Waals surface area contributed by atoms with Crippen LogP contribution in [0.3, 0.4) is 0 Å². The first-order chi connectivity index (χ1) is 11.6. The number of hydrogen-bond donors (Lipinski definition) is 1. The molecule has 1 N–H and O–H groups in total. The second kappa shape index (κ2) is 6.71. The molecule has 2 heterocycles. The third kappa shape index (κ3) is 2.86. The molecule has 4 rings (SSSR count). The minimum absolute atomic E-state index is 0.343. The first kappa shape index (κ1) is 17.0. The van der Waals surface area contributed by atoms with Gasteiger partial charge in [0, 0.05) is 31.5 Å². The zero-order chi connectivity index (χ0) is 16.7. The van der Waals surface area contributed by atoms with Crippen molar-refractivity contribution < 1.29 is 14.6 Å². The van der Waals surface area contributed by atoms with Gasteiger partial charge in [-0.05, 0) is 55.9 Å². The summed E-state index contributed by atoms with van der Waals surface area (Å²) in [6, 6.07) is 0. The highest BCUT2D eigenvalue weighted by Gasteiger charge is 2.53. The number of nitrogens with zero attached hydrogens (tertiary/aromatic N) is 1. The number of rotatable bonds is 4. The summed E-state index contributed by atoms with van der Waals surface area (Å²) in [4.78, 5) is 2.50. The van der Waals surface area contributed by atoms with Crippen LogP contribution in [0.5, 0.6) is 0 Å². The molecule has 0 amide bonds. The number of likely N-dealkylation sites (tertiary alicyclic amines) is 1. The summed E-state index contributed by atoms with van der Waals surface area (Å²) in [5.41, 5.74) is 1.84. The maximum absolute atomic E-state index is 9.20. The van der Waals surface area contributed by atoms with E-state index in [1.807, 2.05) is 0 Å². The lowest BCUT2D eigenvalue weighted by atomic mass is 9.50. The fourth-order valence-electron chi connectivity index (χ4n) is 6.13. The molecule has 0 spiro atoms. The molecule has 4 heteroatoms. The summed E-state index contributed by atoms with van der Waals surface area (Å²) in [6.45, 7) is 12.0. The highest BCUT2D eigenvalue weighted by Crippen LogP contribution is 2.58. The van der Waals surface area contributed by atoms with Crippen molar-refractivity contribution >= 4 is 0 Å². The van der Waals surface area contributed by atoms with E-state index in [0.29, 0.717) is 48.6 Å². The smallest absolute Gasteiger partial charge is 0.147 e. The van der Waals surface area contributed by atoms with Crippen molar-refractivity contribution in [3.63, 3.8) is 0 Å². The lowest BCUT2D eigenvalue weighted by molar-refractivity contribution is -0.218. The fraction of sp³-hybridized carbons (Fsp3) is 0.900. The molecule has 4 fully saturated rings. The van der Waals surface area contributed by atoms with Crippen molar-refractivity contribution in [1.29, 1.82) is 0 Å². The minimum atomic E-state index is 0.343. The van der Waals surface area contributed by atoms with Gasteiger partial charge in [-0.1, -0.05) is 19.1 Å². The van der Waals surface area contributed by atoms with Crippen LogP contribution >= 0.6 is 0 Å². The third-order valence-electron chi connectivity index (χ3n) is 7.58. The van der Waals surface area contributed by atoms with Crippen LogP contribution in [0, 0.1) is 29.1 Å². The molecule has 5 atom stereocenters. The largest absolute Gasteiger partial charge is 0.396 e. The molecule has 0 aromatic heterocycles. The topological polar surface area (TPSA) is 41.9 Å². The van der Waals surface area contributed by atoms with E-state index in [1.165, 1.54) is 37.7 Å². The molecule has 5 unspecified atom stereocenters. The summed E-state index contributed by atoms with van der Waals surface area (Å²) >= 11 is 0. The zero-order valence-corrected chi connectivity index (χ0v) is 15.1. The van der Waals surface area contributed by atoms with E-state index in [4.69, 9.17) is 9.47 Å². The number of aliphatic hydroxyl groups is 1. The van der Waals surface area contributed by atoms with Crippen LogP contribution in [-0.4, -0.2) is 55.8 Å². The molecule has 0 radical (unpaired) electrons. The molecule has 2 aliphatic heterocycles. The molecule has 2 saturated heterocycles.